The predicted molar refractivity (Wildman–Crippen MR) is 148 cm³/mol. The Morgan fingerprint density at radius 3 is 2.64 bits per heavy atom. The highest BCUT2D eigenvalue weighted by molar-refractivity contribution is 7.80. The van der Waals surface area contributed by atoms with E-state index in [0.29, 0.717) is 17.2 Å². The molecule has 7 heteroatoms. The Balaban J connectivity index is 1.39. The zero-order valence-electron chi connectivity index (χ0n) is 20.9. The van der Waals surface area contributed by atoms with E-state index in [-0.39, 0.29) is 5.41 Å². The average Bonchev–Trinajstić information content (AvgIpc) is 3.28. The minimum Gasteiger partial charge on any atom is -0.493 e. The molecule has 36 heavy (non-hydrogen) atoms. The van der Waals surface area contributed by atoms with Gasteiger partial charge in [0, 0.05) is 30.2 Å². The number of methoxy groups -OCH3 is 2. The molecule has 3 aromatic rings. The highest BCUT2D eigenvalue weighted by Crippen LogP contribution is 2.50. The summed E-state index contributed by atoms with van der Waals surface area (Å²) in [5, 5.41) is 7.53. The first-order chi connectivity index (χ1) is 17.6. The Morgan fingerprint density at radius 1 is 1.06 bits per heavy atom. The van der Waals surface area contributed by atoms with Gasteiger partial charge in [0.1, 0.15) is 0 Å². The van der Waals surface area contributed by atoms with Crippen LogP contribution in [0.15, 0.2) is 73.1 Å². The molecule has 1 aromatic heterocycles. The van der Waals surface area contributed by atoms with E-state index < -0.39 is 0 Å². The number of benzene rings is 2. The lowest BCUT2D eigenvalue weighted by atomic mass is 9.65. The van der Waals surface area contributed by atoms with Crippen LogP contribution in [-0.4, -0.2) is 47.8 Å². The molecule has 1 aliphatic heterocycles. The largest absolute Gasteiger partial charge is 0.493 e. The highest BCUT2D eigenvalue weighted by atomic mass is 32.1. The average molecular weight is 503 g/mol. The second-order valence-electron chi connectivity index (χ2n) is 9.76. The Bertz CT molecular complexity index is 1180. The smallest absolute Gasteiger partial charge is 0.171 e. The van der Waals surface area contributed by atoms with Crippen molar-refractivity contribution in [1.82, 2.24) is 15.2 Å². The SMILES string of the molecule is COc1ccc(C23CCC(NC(=S)Nc4cccnc4)CC2N(Cc2ccccc2)CC3)cc1OC. The number of rotatable bonds is 7. The fraction of sp³-hybridized carbons (Fsp3) is 0.379. The molecule has 2 N–H and O–H groups in total. The lowest BCUT2D eigenvalue weighted by Gasteiger charge is -2.46. The number of thiocarbonyl (C=S) groups is 1. The summed E-state index contributed by atoms with van der Waals surface area (Å²) in [7, 11) is 3.40. The van der Waals surface area contributed by atoms with E-state index in [1.54, 1.807) is 26.6 Å². The van der Waals surface area contributed by atoms with Crippen LogP contribution in [0, 0.1) is 0 Å². The molecule has 2 aliphatic rings. The van der Waals surface area contributed by atoms with Crippen molar-refractivity contribution in [2.24, 2.45) is 0 Å². The zero-order chi connectivity index (χ0) is 25.0. The number of nitrogens with one attached hydrogen (secondary N) is 2. The number of pyridine rings is 1. The van der Waals surface area contributed by atoms with Crippen LogP contribution in [0.25, 0.3) is 0 Å². The third kappa shape index (κ3) is 5.04. The second-order valence-corrected chi connectivity index (χ2v) is 10.2. The quantitative estimate of drug-likeness (QED) is 0.433. The molecular formula is C29H34N4O2S. The maximum Gasteiger partial charge on any atom is 0.171 e. The van der Waals surface area contributed by atoms with Crippen LogP contribution in [-0.2, 0) is 12.0 Å². The number of anilines is 1. The van der Waals surface area contributed by atoms with Crippen molar-refractivity contribution in [2.75, 3.05) is 26.1 Å². The van der Waals surface area contributed by atoms with Crippen molar-refractivity contribution in [1.29, 1.82) is 0 Å². The molecule has 0 bridgehead atoms. The number of nitrogens with zero attached hydrogens (tertiary/aromatic N) is 2. The minimum absolute atomic E-state index is 0.0743. The van der Waals surface area contributed by atoms with Gasteiger partial charge in [0.2, 0.25) is 0 Å². The van der Waals surface area contributed by atoms with E-state index >= 15 is 0 Å². The number of aromatic nitrogens is 1. The molecule has 2 heterocycles. The summed E-state index contributed by atoms with van der Waals surface area (Å²) in [5.41, 5.74) is 3.67. The van der Waals surface area contributed by atoms with E-state index in [1.807, 2.05) is 12.1 Å². The van der Waals surface area contributed by atoms with Crippen molar-refractivity contribution >= 4 is 23.0 Å². The van der Waals surface area contributed by atoms with Gasteiger partial charge in [-0.2, -0.15) is 0 Å². The lowest BCUT2D eigenvalue weighted by molar-refractivity contribution is 0.134. The molecular weight excluding hydrogens is 468 g/mol. The molecule has 2 aromatic carbocycles. The van der Waals surface area contributed by atoms with Gasteiger partial charge in [0.15, 0.2) is 16.6 Å². The Kier molecular flexibility index (Phi) is 7.39. The van der Waals surface area contributed by atoms with Crippen LogP contribution < -0.4 is 20.1 Å². The number of ether oxygens (including phenoxy) is 2. The molecule has 1 saturated carbocycles. The van der Waals surface area contributed by atoms with Gasteiger partial charge in [-0.15, -0.1) is 0 Å². The van der Waals surface area contributed by atoms with Crippen LogP contribution in [0.5, 0.6) is 11.5 Å². The summed E-state index contributed by atoms with van der Waals surface area (Å²) in [5.74, 6) is 1.57. The topological polar surface area (TPSA) is 58.7 Å². The number of hydrogen-bond donors (Lipinski definition) is 2. The summed E-state index contributed by atoms with van der Waals surface area (Å²) in [6, 6.07) is 21.8. The number of hydrogen-bond acceptors (Lipinski definition) is 5. The first-order valence-corrected chi connectivity index (χ1v) is 13.0. The van der Waals surface area contributed by atoms with Crippen molar-refractivity contribution in [3.05, 3.63) is 84.2 Å². The molecule has 0 spiro atoms. The molecule has 0 radical (unpaired) electrons. The Morgan fingerprint density at radius 2 is 1.89 bits per heavy atom. The van der Waals surface area contributed by atoms with Crippen LogP contribution in [0.1, 0.15) is 36.8 Å². The standard InChI is InChI=1S/C29H34N4O2S/c1-34-25-11-10-22(17-26(25)35-2)29-13-12-23(31-28(36)32-24-9-6-15-30-19-24)18-27(29)33(16-14-29)20-21-7-4-3-5-8-21/h3-11,15,17,19,23,27H,12-14,16,18,20H2,1-2H3,(H2,31,32,36). The molecule has 6 nitrogen and oxygen atoms in total. The fourth-order valence-corrected chi connectivity index (χ4v) is 6.34. The molecule has 188 valence electrons. The van der Waals surface area contributed by atoms with Crippen molar-refractivity contribution in [3.63, 3.8) is 0 Å². The van der Waals surface area contributed by atoms with Crippen molar-refractivity contribution in [2.45, 2.75) is 49.7 Å². The third-order valence-corrected chi connectivity index (χ3v) is 8.03. The Hall–Kier alpha value is -3.16. The molecule has 3 unspecified atom stereocenters. The summed E-state index contributed by atoms with van der Waals surface area (Å²) >= 11 is 5.66. The first-order valence-electron chi connectivity index (χ1n) is 12.6. The molecule has 1 saturated heterocycles. The van der Waals surface area contributed by atoms with Crippen molar-refractivity contribution < 1.29 is 9.47 Å². The summed E-state index contributed by atoms with van der Waals surface area (Å²) < 4.78 is 11.2. The molecule has 1 aliphatic carbocycles. The summed E-state index contributed by atoms with van der Waals surface area (Å²) in [6.07, 6.45) is 7.85. The van der Waals surface area contributed by atoms with E-state index in [4.69, 9.17) is 21.7 Å². The summed E-state index contributed by atoms with van der Waals surface area (Å²) in [6.45, 7) is 2.02. The van der Waals surface area contributed by atoms with E-state index in [0.717, 1.165) is 56.0 Å². The van der Waals surface area contributed by atoms with Gasteiger partial charge in [-0.25, -0.2) is 0 Å². The van der Waals surface area contributed by atoms with Gasteiger partial charge < -0.3 is 20.1 Å². The monoisotopic (exact) mass is 502 g/mol. The predicted octanol–water partition coefficient (Wildman–Crippen LogP) is 5.15. The second kappa shape index (κ2) is 10.8. The molecule has 2 fully saturated rings. The first kappa shape index (κ1) is 24.5. The highest BCUT2D eigenvalue weighted by Gasteiger charge is 2.51. The van der Waals surface area contributed by atoms with Gasteiger partial charge in [0.25, 0.3) is 0 Å². The van der Waals surface area contributed by atoms with Gasteiger partial charge in [-0.1, -0.05) is 36.4 Å². The van der Waals surface area contributed by atoms with E-state index in [2.05, 4.69) is 69.0 Å². The normalized spacial score (nSPS) is 23.5. The lowest BCUT2D eigenvalue weighted by Crippen LogP contribution is -2.52. The van der Waals surface area contributed by atoms with Crippen LogP contribution in [0.2, 0.25) is 0 Å². The van der Waals surface area contributed by atoms with Crippen LogP contribution >= 0.6 is 12.2 Å². The number of likely N-dealkylation sites (tertiary alicyclic amines) is 1. The molecule has 5 rings (SSSR count). The van der Waals surface area contributed by atoms with Gasteiger partial charge in [-0.3, -0.25) is 9.88 Å². The Labute approximate surface area is 219 Å². The fourth-order valence-electron chi connectivity index (χ4n) is 6.05. The molecule has 3 atom stereocenters. The van der Waals surface area contributed by atoms with Crippen molar-refractivity contribution in [3.8, 4) is 11.5 Å². The van der Waals surface area contributed by atoms with Gasteiger partial charge >= 0.3 is 0 Å². The molecule has 0 amide bonds. The zero-order valence-corrected chi connectivity index (χ0v) is 21.8. The summed E-state index contributed by atoms with van der Waals surface area (Å²) in [4.78, 5) is 6.84. The maximum absolute atomic E-state index is 5.68. The van der Waals surface area contributed by atoms with Crippen LogP contribution in [0.3, 0.4) is 0 Å². The van der Waals surface area contributed by atoms with Gasteiger partial charge in [-0.05, 0) is 79.8 Å². The maximum atomic E-state index is 5.68. The van der Waals surface area contributed by atoms with Crippen LogP contribution in [0.4, 0.5) is 5.69 Å². The third-order valence-electron chi connectivity index (χ3n) is 7.81. The van der Waals surface area contributed by atoms with Gasteiger partial charge in [0.05, 0.1) is 26.1 Å². The van der Waals surface area contributed by atoms with E-state index in [9.17, 15) is 0 Å². The number of fused-ring (bicyclic) bond motifs is 1. The minimum atomic E-state index is 0.0743. The van der Waals surface area contributed by atoms with E-state index in [1.165, 1.54) is 11.1 Å².